The van der Waals surface area contributed by atoms with Gasteiger partial charge in [0.25, 0.3) is 0 Å². The molecule has 22 heavy (non-hydrogen) atoms. The highest BCUT2D eigenvalue weighted by Crippen LogP contribution is 2.36. The van der Waals surface area contributed by atoms with Crippen LogP contribution in [0.3, 0.4) is 0 Å². The van der Waals surface area contributed by atoms with Crippen LogP contribution in [0.1, 0.15) is 32.1 Å². The molecule has 122 valence electrons. The van der Waals surface area contributed by atoms with Crippen LogP contribution in [0.4, 0.5) is 5.69 Å². The molecule has 3 nitrogen and oxygen atoms in total. The van der Waals surface area contributed by atoms with Gasteiger partial charge in [0.05, 0.1) is 0 Å². The summed E-state index contributed by atoms with van der Waals surface area (Å²) in [4.78, 5) is 7.64. The molecule has 0 N–H and O–H groups in total. The van der Waals surface area contributed by atoms with Gasteiger partial charge in [-0.05, 0) is 59.0 Å². The largest absolute Gasteiger partial charge is 0.367 e. The lowest BCUT2D eigenvalue weighted by Crippen LogP contribution is -2.56. The van der Waals surface area contributed by atoms with E-state index in [9.17, 15) is 0 Å². The van der Waals surface area contributed by atoms with Crippen molar-refractivity contribution >= 4 is 5.69 Å². The molecule has 2 atom stereocenters. The number of rotatable bonds is 5. The van der Waals surface area contributed by atoms with Gasteiger partial charge in [0, 0.05) is 36.9 Å². The van der Waals surface area contributed by atoms with E-state index in [1.165, 1.54) is 37.8 Å². The molecule has 0 aromatic heterocycles. The molecule has 1 aromatic carbocycles. The molecule has 0 saturated carbocycles. The van der Waals surface area contributed by atoms with Gasteiger partial charge < -0.3 is 14.7 Å². The van der Waals surface area contributed by atoms with Crippen LogP contribution < -0.4 is 4.90 Å². The third-order valence-electron chi connectivity index (χ3n) is 5.63. The zero-order valence-electron chi connectivity index (χ0n) is 14.4. The monoisotopic (exact) mass is 301 g/mol. The summed E-state index contributed by atoms with van der Waals surface area (Å²) in [6, 6.07) is 13.3. The number of likely N-dealkylation sites (N-methyl/N-ethyl adjacent to an activating group) is 1. The molecular weight excluding hydrogens is 270 g/mol. The van der Waals surface area contributed by atoms with Crippen molar-refractivity contribution in [2.24, 2.45) is 0 Å². The van der Waals surface area contributed by atoms with E-state index in [-0.39, 0.29) is 0 Å². The number of nitrogens with zero attached hydrogens (tertiary/aromatic N) is 3. The smallest absolute Gasteiger partial charge is 0.0369 e. The third-order valence-corrected chi connectivity index (χ3v) is 5.63. The Labute approximate surface area is 135 Å². The molecule has 1 aromatic rings. The van der Waals surface area contributed by atoms with Gasteiger partial charge >= 0.3 is 0 Å². The van der Waals surface area contributed by atoms with Gasteiger partial charge in [-0.1, -0.05) is 24.6 Å². The van der Waals surface area contributed by atoms with Gasteiger partial charge in [0.15, 0.2) is 0 Å². The van der Waals surface area contributed by atoms with Crippen molar-refractivity contribution in [1.82, 2.24) is 9.80 Å². The summed E-state index contributed by atoms with van der Waals surface area (Å²) in [5, 5.41) is 0. The molecule has 3 rings (SSSR count). The number of fused-ring (bicyclic) bond motifs is 2. The van der Waals surface area contributed by atoms with Gasteiger partial charge in [-0.25, -0.2) is 0 Å². The van der Waals surface area contributed by atoms with Crippen molar-refractivity contribution in [2.45, 2.75) is 50.2 Å². The molecule has 0 amide bonds. The first-order valence-corrected chi connectivity index (χ1v) is 8.83. The van der Waals surface area contributed by atoms with Crippen LogP contribution in [0.5, 0.6) is 0 Å². The molecule has 0 radical (unpaired) electrons. The van der Waals surface area contributed by atoms with Crippen LogP contribution in [-0.2, 0) is 0 Å². The lowest BCUT2D eigenvalue weighted by molar-refractivity contribution is 0.0547. The summed E-state index contributed by atoms with van der Waals surface area (Å²) in [7, 11) is 6.69. The summed E-state index contributed by atoms with van der Waals surface area (Å²) in [5.74, 6) is 0. The summed E-state index contributed by atoms with van der Waals surface area (Å²) in [6.07, 6.45) is 6.86. The number of hydrogen-bond acceptors (Lipinski definition) is 3. The average Bonchev–Trinajstić information content (AvgIpc) is 2.49. The number of benzene rings is 1. The minimum Gasteiger partial charge on any atom is -0.367 e. The Kier molecular flexibility index (Phi) is 5.04. The van der Waals surface area contributed by atoms with E-state index in [1.807, 2.05) is 0 Å². The van der Waals surface area contributed by atoms with Crippen molar-refractivity contribution < 1.29 is 0 Å². The Morgan fingerprint density at radius 3 is 2.23 bits per heavy atom. The fourth-order valence-corrected chi connectivity index (χ4v) is 4.29. The van der Waals surface area contributed by atoms with Gasteiger partial charge in [-0.3, -0.25) is 0 Å². The number of para-hydroxylation sites is 1. The number of piperidine rings is 2. The fraction of sp³-hybridized carbons (Fsp3) is 0.684. The van der Waals surface area contributed by atoms with E-state index in [2.05, 4.69) is 66.2 Å². The summed E-state index contributed by atoms with van der Waals surface area (Å²) >= 11 is 0. The van der Waals surface area contributed by atoms with Crippen molar-refractivity contribution in [3.05, 3.63) is 30.3 Å². The molecule has 0 aliphatic carbocycles. The zero-order valence-corrected chi connectivity index (χ0v) is 14.4. The topological polar surface area (TPSA) is 9.72 Å². The molecule has 2 bridgehead atoms. The van der Waals surface area contributed by atoms with Gasteiger partial charge in [-0.2, -0.15) is 0 Å². The Hall–Kier alpha value is -1.06. The maximum absolute atomic E-state index is 2.68. The first kappa shape index (κ1) is 15.8. The van der Waals surface area contributed by atoms with Crippen LogP contribution in [-0.4, -0.2) is 62.2 Å². The van der Waals surface area contributed by atoms with E-state index in [0.717, 1.165) is 25.2 Å². The second-order valence-electron chi connectivity index (χ2n) is 7.36. The van der Waals surface area contributed by atoms with Crippen LogP contribution in [0, 0.1) is 0 Å². The second-order valence-corrected chi connectivity index (χ2v) is 7.36. The van der Waals surface area contributed by atoms with Crippen LogP contribution in [0.15, 0.2) is 30.3 Å². The van der Waals surface area contributed by atoms with Crippen LogP contribution in [0.2, 0.25) is 0 Å². The van der Waals surface area contributed by atoms with Crippen molar-refractivity contribution in [1.29, 1.82) is 0 Å². The third kappa shape index (κ3) is 3.47. The van der Waals surface area contributed by atoms with Crippen LogP contribution in [0.25, 0.3) is 0 Å². The summed E-state index contributed by atoms with van der Waals surface area (Å²) in [6.45, 7) is 2.25. The molecule has 2 unspecified atom stereocenters. The Morgan fingerprint density at radius 2 is 1.64 bits per heavy atom. The molecule has 0 spiro atoms. The molecule has 2 aliphatic rings. The predicted octanol–water partition coefficient (Wildman–Crippen LogP) is 3.07. The second kappa shape index (κ2) is 7.01. The predicted molar refractivity (Wildman–Crippen MR) is 94.6 cm³/mol. The number of anilines is 1. The normalized spacial score (nSPS) is 28.8. The highest BCUT2D eigenvalue weighted by molar-refractivity contribution is 5.47. The van der Waals surface area contributed by atoms with Crippen molar-refractivity contribution in [3.8, 4) is 0 Å². The zero-order chi connectivity index (χ0) is 15.5. The van der Waals surface area contributed by atoms with Crippen LogP contribution >= 0.6 is 0 Å². The Morgan fingerprint density at radius 1 is 1.00 bits per heavy atom. The Bertz CT molecular complexity index is 445. The molecule has 3 heteroatoms. The molecule has 2 saturated heterocycles. The van der Waals surface area contributed by atoms with E-state index in [4.69, 9.17) is 0 Å². The maximum atomic E-state index is 2.68. The minimum atomic E-state index is 0.703. The lowest BCUT2D eigenvalue weighted by atomic mass is 9.81. The fourth-order valence-electron chi connectivity index (χ4n) is 4.29. The molecule has 2 aliphatic heterocycles. The van der Waals surface area contributed by atoms with Crippen molar-refractivity contribution in [3.63, 3.8) is 0 Å². The first-order valence-electron chi connectivity index (χ1n) is 8.83. The first-order chi connectivity index (χ1) is 10.6. The van der Waals surface area contributed by atoms with E-state index < -0.39 is 0 Å². The Balaban J connectivity index is 1.77. The standard InChI is InChI=1S/C19H31N3/c1-20(2)12-13-22(16-8-5-4-6-9-16)19-14-17-10-7-11-18(15-19)21(17)3/h4-6,8-9,17-19H,7,10-15H2,1-3H3. The maximum Gasteiger partial charge on any atom is 0.0369 e. The van der Waals surface area contributed by atoms with Crippen molar-refractivity contribution in [2.75, 3.05) is 39.1 Å². The number of hydrogen-bond donors (Lipinski definition) is 0. The lowest BCUT2D eigenvalue weighted by Gasteiger charge is -2.50. The SMILES string of the molecule is CN(C)CCN(c1ccccc1)C1CC2CCCC(C1)N2C. The summed E-state index contributed by atoms with van der Waals surface area (Å²) in [5.41, 5.74) is 1.40. The average molecular weight is 301 g/mol. The minimum absolute atomic E-state index is 0.703. The summed E-state index contributed by atoms with van der Waals surface area (Å²) < 4.78 is 0. The van der Waals surface area contributed by atoms with E-state index in [1.54, 1.807) is 0 Å². The quantitative estimate of drug-likeness (QED) is 0.827. The molecule has 2 heterocycles. The van der Waals surface area contributed by atoms with E-state index in [0.29, 0.717) is 6.04 Å². The molecule has 2 fully saturated rings. The van der Waals surface area contributed by atoms with Gasteiger partial charge in [0.2, 0.25) is 0 Å². The highest BCUT2D eigenvalue weighted by atomic mass is 15.2. The van der Waals surface area contributed by atoms with Gasteiger partial charge in [0.1, 0.15) is 0 Å². The molecular formula is C19H31N3. The van der Waals surface area contributed by atoms with Gasteiger partial charge in [-0.15, -0.1) is 0 Å². The van der Waals surface area contributed by atoms with E-state index >= 15 is 0 Å². The highest BCUT2D eigenvalue weighted by Gasteiger charge is 2.38.